The van der Waals surface area contributed by atoms with Crippen LogP contribution in [-0.2, 0) is 14.4 Å². The summed E-state index contributed by atoms with van der Waals surface area (Å²) in [6.07, 6.45) is 3.41. The van der Waals surface area contributed by atoms with E-state index in [4.69, 9.17) is 0 Å². The zero-order valence-electron chi connectivity index (χ0n) is 18.0. The fourth-order valence-corrected chi connectivity index (χ4v) is 4.06. The molecule has 1 aromatic carbocycles. The fraction of sp³-hybridized carbons (Fsp3) is 0.550. The predicted molar refractivity (Wildman–Crippen MR) is 116 cm³/mol. The van der Waals surface area contributed by atoms with Crippen LogP contribution in [0.4, 0.5) is 17.1 Å². The van der Waals surface area contributed by atoms with Crippen LogP contribution < -0.4 is 16.0 Å². The third kappa shape index (κ3) is 5.93. The summed E-state index contributed by atoms with van der Waals surface area (Å²) < 4.78 is 0. The Balaban J connectivity index is 1.34. The van der Waals surface area contributed by atoms with Gasteiger partial charge in [0.1, 0.15) is 17.8 Å². The van der Waals surface area contributed by atoms with E-state index in [0.29, 0.717) is 38.8 Å². The lowest BCUT2D eigenvalue weighted by atomic mass is 10.0. The first-order valence-electron chi connectivity index (χ1n) is 10.8. The van der Waals surface area contributed by atoms with E-state index >= 15 is 0 Å². The maximum absolute atomic E-state index is 12.4. The number of nitro groups is 2. The van der Waals surface area contributed by atoms with Gasteiger partial charge in [0, 0.05) is 32.1 Å². The summed E-state index contributed by atoms with van der Waals surface area (Å²) in [7, 11) is 0. The topological polar surface area (TPSA) is 177 Å². The maximum Gasteiger partial charge on any atom is 0.299 e. The molecule has 0 bridgehead atoms. The van der Waals surface area contributed by atoms with E-state index in [9.17, 15) is 34.6 Å². The van der Waals surface area contributed by atoms with Crippen LogP contribution in [0.2, 0.25) is 0 Å². The molecule has 2 saturated heterocycles. The molecule has 2 aliphatic heterocycles. The van der Waals surface area contributed by atoms with E-state index in [1.807, 2.05) is 0 Å². The van der Waals surface area contributed by atoms with Gasteiger partial charge in [0.2, 0.25) is 17.7 Å². The van der Waals surface area contributed by atoms with Crippen LogP contribution in [-0.4, -0.2) is 64.2 Å². The summed E-state index contributed by atoms with van der Waals surface area (Å²) in [5.74, 6) is -0.382. The zero-order valence-corrected chi connectivity index (χ0v) is 18.0. The lowest BCUT2D eigenvalue weighted by molar-refractivity contribution is -0.393. The number of nitrogens with zero attached hydrogens (tertiary/aromatic N) is 3. The second-order valence-electron chi connectivity index (χ2n) is 7.99. The molecule has 2 aliphatic rings. The third-order valence-corrected chi connectivity index (χ3v) is 5.75. The van der Waals surface area contributed by atoms with Gasteiger partial charge in [0.25, 0.3) is 11.4 Å². The van der Waals surface area contributed by atoms with Crippen molar-refractivity contribution in [3.8, 4) is 0 Å². The van der Waals surface area contributed by atoms with Gasteiger partial charge in [-0.05, 0) is 38.2 Å². The molecule has 178 valence electrons. The minimum absolute atomic E-state index is 0.0347. The van der Waals surface area contributed by atoms with Crippen molar-refractivity contribution < 1.29 is 24.2 Å². The molecule has 3 amide bonds. The van der Waals surface area contributed by atoms with Crippen LogP contribution >= 0.6 is 0 Å². The summed E-state index contributed by atoms with van der Waals surface area (Å²) >= 11 is 0. The molecule has 3 rings (SSSR count). The number of hydrogen-bond donors (Lipinski definition) is 3. The first-order chi connectivity index (χ1) is 15.8. The van der Waals surface area contributed by atoms with Crippen LogP contribution in [0, 0.1) is 20.2 Å². The van der Waals surface area contributed by atoms with E-state index in [1.54, 1.807) is 4.90 Å². The molecule has 13 nitrogen and oxygen atoms in total. The Bertz CT molecular complexity index is 953. The number of unbranched alkanes of at least 4 members (excludes halogenated alkanes) is 1. The number of non-ortho nitro benzene ring substituents is 1. The van der Waals surface area contributed by atoms with E-state index in [2.05, 4.69) is 16.0 Å². The van der Waals surface area contributed by atoms with Crippen molar-refractivity contribution in [3.05, 3.63) is 38.4 Å². The zero-order chi connectivity index (χ0) is 24.0. The van der Waals surface area contributed by atoms with Crippen LogP contribution in [0.3, 0.4) is 0 Å². The van der Waals surface area contributed by atoms with Gasteiger partial charge >= 0.3 is 0 Å². The molecular formula is C20H26N6O7. The summed E-state index contributed by atoms with van der Waals surface area (Å²) in [5, 5.41) is 30.2. The predicted octanol–water partition coefficient (Wildman–Crippen LogP) is 1.08. The number of fused-ring (bicyclic) bond motifs is 1. The van der Waals surface area contributed by atoms with Crippen molar-refractivity contribution in [2.75, 3.05) is 25.0 Å². The minimum atomic E-state index is -0.723. The summed E-state index contributed by atoms with van der Waals surface area (Å²) in [5.41, 5.74) is -0.730. The van der Waals surface area contributed by atoms with Gasteiger partial charge in [-0.25, -0.2) is 0 Å². The average molecular weight is 462 g/mol. The van der Waals surface area contributed by atoms with Crippen molar-refractivity contribution in [3.63, 3.8) is 0 Å². The number of nitrogens with one attached hydrogen (secondary N) is 3. The van der Waals surface area contributed by atoms with Crippen molar-refractivity contribution >= 4 is 34.8 Å². The van der Waals surface area contributed by atoms with E-state index in [-0.39, 0.29) is 48.1 Å². The lowest BCUT2D eigenvalue weighted by Crippen LogP contribution is -2.61. The number of rotatable bonds is 11. The Labute approximate surface area is 189 Å². The van der Waals surface area contributed by atoms with Gasteiger partial charge in [-0.2, -0.15) is 0 Å². The number of piperazine rings is 1. The molecule has 1 aromatic rings. The van der Waals surface area contributed by atoms with Crippen molar-refractivity contribution in [1.82, 2.24) is 15.5 Å². The molecule has 0 aromatic heterocycles. The van der Waals surface area contributed by atoms with Crippen LogP contribution in [0.25, 0.3) is 0 Å². The number of carbonyl (C=O) groups is 3. The molecule has 2 atom stereocenters. The third-order valence-electron chi connectivity index (χ3n) is 5.75. The lowest BCUT2D eigenvalue weighted by Gasteiger charge is -2.34. The van der Waals surface area contributed by atoms with Gasteiger partial charge in [0.05, 0.1) is 15.9 Å². The number of anilines is 1. The van der Waals surface area contributed by atoms with E-state index < -0.39 is 21.6 Å². The molecule has 0 unspecified atom stereocenters. The first kappa shape index (κ1) is 23.9. The number of nitro benzene ring substituents is 2. The van der Waals surface area contributed by atoms with Gasteiger partial charge in [-0.15, -0.1) is 0 Å². The largest absolute Gasteiger partial charge is 0.379 e. The molecule has 2 fully saturated rings. The Morgan fingerprint density at radius 2 is 1.94 bits per heavy atom. The van der Waals surface area contributed by atoms with E-state index in [1.165, 1.54) is 6.07 Å². The summed E-state index contributed by atoms with van der Waals surface area (Å²) in [6, 6.07) is 2.42. The Kier molecular flexibility index (Phi) is 7.74. The smallest absolute Gasteiger partial charge is 0.299 e. The number of hydrogen-bond acceptors (Lipinski definition) is 8. The first-order valence-corrected chi connectivity index (χ1v) is 10.8. The molecule has 2 heterocycles. The Morgan fingerprint density at radius 1 is 1.15 bits per heavy atom. The molecule has 0 radical (unpaired) electrons. The minimum Gasteiger partial charge on any atom is -0.379 e. The SMILES string of the molecule is O=C(CCNc1ccc([N+](=O)[O-])cc1[N+](=O)[O-])NCCCC[C@@H]1NC(=O)[C@@H]2CCCN2C1=O. The molecule has 0 aliphatic carbocycles. The summed E-state index contributed by atoms with van der Waals surface area (Å²) in [6.45, 7) is 1.14. The Morgan fingerprint density at radius 3 is 2.67 bits per heavy atom. The quantitative estimate of drug-likeness (QED) is 0.248. The molecule has 3 N–H and O–H groups in total. The van der Waals surface area contributed by atoms with Crippen molar-refractivity contribution in [2.45, 2.75) is 50.6 Å². The normalized spacial score (nSPS) is 19.6. The summed E-state index contributed by atoms with van der Waals surface area (Å²) in [4.78, 5) is 58.6. The van der Waals surface area contributed by atoms with E-state index in [0.717, 1.165) is 18.6 Å². The number of benzene rings is 1. The van der Waals surface area contributed by atoms with Gasteiger partial charge in [-0.1, -0.05) is 0 Å². The Hall–Kier alpha value is -3.77. The van der Waals surface area contributed by atoms with Gasteiger partial charge in [0.15, 0.2) is 0 Å². The standard InChI is InChI=1S/C20H26N6O7/c27-18(8-10-21-14-7-6-13(25(30)31)12-17(14)26(32)33)22-9-2-1-4-15-20(29)24-11-3-5-16(24)19(28)23-15/h6-7,12,15-16,21H,1-5,8-11H2,(H,22,27)(H,23,28)/t15-,16-/m0/s1. The van der Waals surface area contributed by atoms with Crippen LogP contribution in [0.5, 0.6) is 0 Å². The highest BCUT2D eigenvalue weighted by molar-refractivity contribution is 5.97. The highest BCUT2D eigenvalue weighted by Crippen LogP contribution is 2.28. The number of carbonyl (C=O) groups excluding carboxylic acids is 3. The van der Waals surface area contributed by atoms with Crippen molar-refractivity contribution in [2.24, 2.45) is 0 Å². The van der Waals surface area contributed by atoms with Gasteiger partial charge in [-0.3, -0.25) is 34.6 Å². The molecule has 0 spiro atoms. The second-order valence-corrected chi connectivity index (χ2v) is 7.99. The monoisotopic (exact) mass is 462 g/mol. The molecule has 0 saturated carbocycles. The molecular weight excluding hydrogens is 436 g/mol. The average Bonchev–Trinajstić information content (AvgIpc) is 3.27. The van der Waals surface area contributed by atoms with Gasteiger partial charge < -0.3 is 20.9 Å². The fourth-order valence-electron chi connectivity index (χ4n) is 4.06. The number of amides is 3. The van der Waals surface area contributed by atoms with Crippen LogP contribution in [0.15, 0.2) is 18.2 Å². The second kappa shape index (κ2) is 10.7. The highest BCUT2D eigenvalue weighted by atomic mass is 16.6. The molecule has 33 heavy (non-hydrogen) atoms. The highest BCUT2D eigenvalue weighted by Gasteiger charge is 2.42. The van der Waals surface area contributed by atoms with Crippen molar-refractivity contribution in [1.29, 1.82) is 0 Å². The molecule has 13 heteroatoms. The van der Waals surface area contributed by atoms with Crippen LogP contribution in [0.1, 0.15) is 38.5 Å². The maximum atomic E-state index is 12.4.